The number of methoxy groups -OCH3 is 1. The first-order valence-corrected chi connectivity index (χ1v) is 6.57. The molecule has 1 atom stereocenters. The maximum absolute atomic E-state index is 12.2. The van der Waals surface area contributed by atoms with Crippen molar-refractivity contribution < 1.29 is 19.1 Å². The lowest BCUT2D eigenvalue weighted by molar-refractivity contribution is -0.117. The van der Waals surface area contributed by atoms with Crippen LogP contribution in [0.5, 0.6) is 5.88 Å². The molecule has 116 valence electrons. The minimum Gasteiger partial charge on any atom is -0.481 e. The van der Waals surface area contributed by atoms with E-state index in [0.717, 1.165) is 0 Å². The van der Waals surface area contributed by atoms with Crippen LogP contribution in [-0.2, 0) is 15.1 Å². The topological polar surface area (TPSA) is 68.7 Å². The van der Waals surface area contributed by atoms with Gasteiger partial charge in [0.2, 0.25) is 5.88 Å². The molecule has 0 aromatic carbocycles. The Morgan fingerprint density at radius 3 is 2.29 bits per heavy atom. The number of pyridine rings is 1. The van der Waals surface area contributed by atoms with E-state index in [1.54, 1.807) is 39.8 Å². The van der Waals surface area contributed by atoms with Gasteiger partial charge in [0.05, 0.1) is 7.11 Å². The number of aromatic nitrogens is 1. The van der Waals surface area contributed by atoms with E-state index in [0.29, 0.717) is 17.7 Å². The van der Waals surface area contributed by atoms with Gasteiger partial charge in [-0.1, -0.05) is 0 Å². The van der Waals surface area contributed by atoms with Crippen LogP contribution in [0.2, 0.25) is 0 Å². The second-order valence-corrected chi connectivity index (χ2v) is 5.89. The molecule has 1 aromatic rings. The first-order valence-electron chi connectivity index (χ1n) is 6.57. The van der Waals surface area contributed by atoms with E-state index in [1.807, 2.05) is 0 Å². The highest BCUT2D eigenvalue weighted by atomic mass is 16.6. The summed E-state index contributed by atoms with van der Waals surface area (Å²) < 4.78 is 10.3. The molecular formula is C15H22N2O4. The first-order chi connectivity index (χ1) is 9.64. The summed E-state index contributed by atoms with van der Waals surface area (Å²) in [5.41, 5.74) is -1.22. The van der Waals surface area contributed by atoms with Crippen LogP contribution in [0, 0.1) is 0 Å². The Morgan fingerprint density at radius 1 is 1.29 bits per heavy atom. The zero-order valence-corrected chi connectivity index (χ0v) is 13.3. The van der Waals surface area contributed by atoms with Crippen molar-refractivity contribution in [2.45, 2.75) is 38.8 Å². The second kappa shape index (κ2) is 6.11. The number of hydrogen-bond acceptors (Lipinski definition) is 5. The van der Waals surface area contributed by atoms with Crippen LogP contribution in [0.4, 0.5) is 4.79 Å². The number of nitrogens with zero attached hydrogens (tertiary/aromatic N) is 2. The van der Waals surface area contributed by atoms with Crippen LogP contribution < -0.4 is 4.74 Å². The SMILES string of the molecule is COc1ccc(C(C)(C=O)N(C)C(=O)OC(C)(C)C)cn1. The monoisotopic (exact) mass is 294 g/mol. The lowest BCUT2D eigenvalue weighted by Gasteiger charge is -2.35. The van der Waals surface area contributed by atoms with Gasteiger partial charge in [0.25, 0.3) is 0 Å². The minimum absolute atomic E-state index is 0.437. The average Bonchev–Trinajstić information content (AvgIpc) is 2.44. The summed E-state index contributed by atoms with van der Waals surface area (Å²) in [4.78, 5) is 29.1. The number of carbonyl (C=O) groups is 2. The van der Waals surface area contributed by atoms with Crippen LogP contribution in [-0.4, -0.2) is 42.0 Å². The van der Waals surface area contributed by atoms with Crippen LogP contribution >= 0.6 is 0 Å². The molecule has 0 aliphatic carbocycles. The number of rotatable bonds is 4. The molecule has 1 amide bonds. The molecule has 21 heavy (non-hydrogen) atoms. The van der Waals surface area contributed by atoms with Crippen LogP contribution in [0.25, 0.3) is 0 Å². The van der Waals surface area contributed by atoms with E-state index in [-0.39, 0.29) is 0 Å². The van der Waals surface area contributed by atoms with Crippen molar-refractivity contribution in [1.82, 2.24) is 9.88 Å². The molecule has 1 aromatic heterocycles. The summed E-state index contributed by atoms with van der Waals surface area (Å²) in [6.07, 6.45) is 1.63. The number of likely N-dealkylation sites (N-methyl/N-ethyl adjacent to an activating group) is 1. The molecule has 0 saturated carbocycles. The predicted molar refractivity (Wildman–Crippen MR) is 78.2 cm³/mol. The number of aldehydes is 1. The molecular weight excluding hydrogens is 272 g/mol. The molecule has 1 rings (SSSR count). The van der Waals surface area contributed by atoms with Gasteiger partial charge in [-0.05, 0) is 33.8 Å². The van der Waals surface area contributed by atoms with Crippen molar-refractivity contribution in [2.75, 3.05) is 14.2 Å². The highest BCUT2D eigenvalue weighted by Crippen LogP contribution is 2.27. The number of amides is 1. The lowest BCUT2D eigenvalue weighted by Crippen LogP contribution is -2.48. The number of carbonyl (C=O) groups excluding carboxylic acids is 2. The Bertz CT molecular complexity index is 507. The first kappa shape index (κ1) is 16.9. The van der Waals surface area contributed by atoms with Crippen molar-refractivity contribution in [3.8, 4) is 5.88 Å². The summed E-state index contributed by atoms with van der Waals surface area (Å²) in [7, 11) is 3.03. The third-order valence-electron chi connectivity index (χ3n) is 3.12. The molecule has 0 spiro atoms. The van der Waals surface area contributed by atoms with Crippen molar-refractivity contribution in [3.63, 3.8) is 0 Å². The normalized spacial score (nSPS) is 14.0. The van der Waals surface area contributed by atoms with Crippen molar-refractivity contribution in [2.24, 2.45) is 0 Å². The van der Waals surface area contributed by atoms with Crippen molar-refractivity contribution in [1.29, 1.82) is 0 Å². The summed E-state index contributed by atoms with van der Waals surface area (Å²) >= 11 is 0. The Labute approximate surface area is 125 Å². The fourth-order valence-electron chi connectivity index (χ4n) is 1.66. The molecule has 0 fully saturated rings. The number of ether oxygens (including phenoxy) is 2. The van der Waals surface area contributed by atoms with Crippen molar-refractivity contribution in [3.05, 3.63) is 23.9 Å². The van der Waals surface area contributed by atoms with E-state index in [4.69, 9.17) is 9.47 Å². The smallest absolute Gasteiger partial charge is 0.411 e. The highest BCUT2D eigenvalue weighted by Gasteiger charge is 2.37. The van der Waals surface area contributed by atoms with E-state index >= 15 is 0 Å². The molecule has 0 aliphatic rings. The summed E-state index contributed by atoms with van der Waals surface area (Å²) in [5.74, 6) is 0.437. The van der Waals surface area contributed by atoms with Gasteiger partial charge in [0.1, 0.15) is 17.4 Å². The summed E-state index contributed by atoms with van der Waals surface area (Å²) in [6, 6.07) is 3.33. The van der Waals surface area contributed by atoms with Gasteiger partial charge in [-0.15, -0.1) is 0 Å². The average molecular weight is 294 g/mol. The van der Waals surface area contributed by atoms with Crippen LogP contribution in [0.15, 0.2) is 18.3 Å². The van der Waals surface area contributed by atoms with Crippen LogP contribution in [0.3, 0.4) is 0 Å². The maximum Gasteiger partial charge on any atom is 0.411 e. The van der Waals surface area contributed by atoms with Gasteiger partial charge in [-0.3, -0.25) is 4.90 Å². The van der Waals surface area contributed by atoms with Crippen LogP contribution in [0.1, 0.15) is 33.3 Å². The molecule has 6 nitrogen and oxygen atoms in total. The molecule has 0 radical (unpaired) electrons. The number of hydrogen-bond donors (Lipinski definition) is 0. The third kappa shape index (κ3) is 3.93. The van der Waals surface area contributed by atoms with Gasteiger partial charge in [-0.2, -0.15) is 0 Å². The fraction of sp³-hybridized carbons (Fsp3) is 0.533. The van der Waals surface area contributed by atoms with Gasteiger partial charge in [0.15, 0.2) is 0 Å². The summed E-state index contributed by atoms with van der Waals surface area (Å²) in [6.45, 7) is 6.94. The second-order valence-electron chi connectivity index (χ2n) is 5.89. The molecule has 0 bridgehead atoms. The Kier molecular flexibility index (Phi) is 4.93. The zero-order valence-electron chi connectivity index (χ0n) is 13.3. The van der Waals surface area contributed by atoms with E-state index in [1.165, 1.54) is 25.3 Å². The summed E-state index contributed by atoms with van der Waals surface area (Å²) in [5, 5.41) is 0. The van der Waals surface area contributed by atoms with E-state index in [9.17, 15) is 9.59 Å². The quantitative estimate of drug-likeness (QED) is 0.797. The zero-order chi connectivity index (χ0) is 16.3. The largest absolute Gasteiger partial charge is 0.481 e. The van der Waals surface area contributed by atoms with Gasteiger partial charge < -0.3 is 14.3 Å². The predicted octanol–water partition coefficient (Wildman–Crippen LogP) is 2.37. The van der Waals surface area contributed by atoms with Gasteiger partial charge in [-0.25, -0.2) is 9.78 Å². The third-order valence-corrected chi connectivity index (χ3v) is 3.12. The van der Waals surface area contributed by atoms with Gasteiger partial charge >= 0.3 is 6.09 Å². The van der Waals surface area contributed by atoms with Gasteiger partial charge in [0, 0.05) is 24.9 Å². The molecule has 1 heterocycles. The minimum atomic E-state index is -1.17. The Hall–Kier alpha value is -2.11. The molecule has 6 heteroatoms. The molecule has 0 aliphatic heterocycles. The molecule has 0 saturated heterocycles. The molecule has 1 unspecified atom stereocenters. The Balaban J connectivity index is 3.07. The lowest BCUT2D eigenvalue weighted by atomic mass is 9.94. The standard InChI is InChI=1S/C15H22N2O4/c1-14(2,3)21-13(19)17(5)15(4,10-18)11-7-8-12(20-6)16-9-11/h7-10H,1-6H3. The fourth-order valence-corrected chi connectivity index (χ4v) is 1.66. The Morgan fingerprint density at radius 2 is 1.90 bits per heavy atom. The molecule has 0 N–H and O–H groups in total. The maximum atomic E-state index is 12.2. The highest BCUT2D eigenvalue weighted by molar-refractivity contribution is 5.77. The van der Waals surface area contributed by atoms with Crippen molar-refractivity contribution >= 4 is 12.4 Å². The van der Waals surface area contributed by atoms with E-state index in [2.05, 4.69) is 4.98 Å². The van der Waals surface area contributed by atoms with E-state index < -0.39 is 17.2 Å².